The number of hydrogen-bond acceptors (Lipinski definition) is 5. The molecule has 3 aromatic carbocycles. The van der Waals surface area contributed by atoms with Crippen molar-refractivity contribution in [1.82, 2.24) is 14.9 Å². The van der Waals surface area contributed by atoms with Crippen LogP contribution in [-0.2, 0) is 43.7 Å². The van der Waals surface area contributed by atoms with Crippen molar-refractivity contribution in [2.75, 3.05) is 26.3 Å². The van der Waals surface area contributed by atoms with Gasteiger partial charge in [-0.3, -0.25) is 9.59 Å². The van der Waals surface area contributed by atoms with Gasteiger partial charge in [-0.25, -0.2) is 13.1 Å². The molecule has 0 radical (unpaired) electrons. The van der Waals surface area contributed by atoms with Crippen molar-refractivity contribution in [3.8, 4) is 0 Å². The van der Waals surface area contributed by atoms with Crippen LogP contribution in [0.25, 0.3) is 0 Å². The first-order valence-electron chi connectivity index (χ1n) is 14.3. The molecule has 0 aliphatic heterocycles. The first kappa shape index (κ1) is 33.3. The summed E-state index contributed by atoms with van der Waals surface area (Å²) in [5.41, 5.74) is 2.62. The zero-order valence-electron chi connectivity index (χ0n) is 24.2. The van der Waals surface area contributed by atoms with E-state index in [9.17, 15) is 18.0 Å². The lowest BCUT2D eigenvalue weighted by Gasteiger charge is -2.32. The number of carbonyl (C=O) groups excluding carboxylic acids is 2. The molecule has 0 unspecified atom stereocenters. The lowest BCUT2D eigenvalue weighted by molar-refractivity contribution is -0.141. The van der Waals surface area contributed by atoms with E-state index < -0.39 is 16.1 Å². The van der Waals surface area contributed by atoms with Crippen LogP contribution in [0.5, 0.6) is 0 Å². The highest BCUT2D eigenvalue weighted by Gasteiger charge is 2.30. The summed E-state index contributed by atoms with van der Waals surface area (Å²) in [7, 11) is -3.56. The maximum absolute atomic E-state index is 13.8. The Morgan fingerprint density at radius 2 is 1.57 bits per heavy atom. The van der Waals surface area contributed by atoms with E-state index in [1.807, 2.05) is 49.4 Å². The number of halogens is 1. The summed E-state index contributed by atoms with van der Waals surface area (Å²) in [4.78, 5) is 29.3. The highest BCUT2D eigenvalue weighted by molar-refractivity contribution is 7.89. The average Bonchev–Trinajstić information content (AvgIpc) is 2.99. The standard InChI is InChI=1S/C32H40ClN3O5S/c1-3-35-42(39,40)29-18-13-25(14-19-29)15-20-31(37)36(24-27-11-16-28(33)17-12-27)30(23-26-9-6-5-7-10-26)32(38)34-21-8-22-41-4-2/h5-7,9-14,16-19,30,35H,3-4,8,15,20-24H2,1-2H3,(H,34,38)/t30-/m0/s1. The van der Waals surface area contributed by atoms with Crippen LogP contribution < -0.4 is 10.0 Å². The molecule has 3 aromatic rings. The van der Waals surface area contributed by atoms with Crippen LogP contribution in [-0.4, -0.2) is 57.5 Å². The quantitative estimate of drug-likeness (QED) is 0.214. The highest BCUT2D eigenvalue weighted by atomic mass is 35.5. The number of nitrogens with zero attached hydrogens (tertiary/aromatic N) is 1. The minimum Gasteiger partial charge on any atom is -0.382 e. The summed E-state index contributed by atoms with van der Waals surface area (Å²) in [6.07, 6.45) is 1.57. The van der Waals surface area contributed by atoms with Gasteiger partial charge in [-0.1, -0.05) is 73.1 Å². The van der Waals surface area contributed by atoms with Gasteiger partial charge in [0.05, 0.1) is 4.90 Å². The van der Waals surface area contributed by atoms with Crippen molar-refractivity contribution in [2.45, 2.75) is 57.0 Å². The maximum Gasteiger partial charge on any atom is 0.243 e. The number of sulfonamides is 1. The Kier molecular flexibility index (Phi) is 13.5. The van der Waals surface area contributed by atoms with Gasteiger partial charge in [0.25, 0.3) is 0 Å². The van der Waals surface area contributed by atoms with Gasteiger partial charge in [0.2, 0.25) is 21.8 Å². The molecule has 2 amide bonds. The van der Waals surface area contributed by atoms with Crippen molar-refractivity contribution in [3.05, 3.63) is 101 Å². The second kappa shape index (κ2) is 17.0. The second-order valence-corrected chi connectivity index (χ2v) is 12.0. The van der Waals surface area contributed by atoms with E-state index in [-0.39, 0.29) is 29.7 Å². The van der Waals surface area contributed by atoms with Gasteiger partial charge in [0, 0.05) is 50.7 Å². The van der Waals surface area contributed by atoms with E-state index in [0.717, 1.165) is 16.7 Å². The van der Waals surface area contributed by atoms with Crippen molar-refractivity contribution >= 4 is 33.4 Å². The fraction of sp³-hybridized carbons (Fsp3) is 0.375. The molecule has 0 heterocycles. The van der Waals surface area contributed by atoms with Crippen molar-refractivity contribution in [3.63, 3.8) is 0 Å². The third kappa shape index (κ3) is 10.5. The number of ether oxygens (including phenoxy) is 1. The molecule has 0 aliphatic carbocycles. The van der Waals surface area contributed by atoms with Crippen molar-refractivity contribution < 1.29 is 22.7 Å². The second-order valence-electron chi connectivity index (χ2n) is 9.84. The van der Waals surface area contributed by atoms with Gasteiger partial charge in [-0.15, -0.1) is 0 Å². The predicted molar refractivity (Wildman–Crippen MR) is 166 cm³/mol. The number of carbonyl (C=O) groups is 2. The monoisotopic (exact) mass is 613 g/mol. The zero-order chi connectivity index (χ0) is 30.4. The Morgan fingerprint density at radius 3 is 2.21 bits per heavy atom. The van der Waals surface area contributed by atoms with E-state index >= 15 is 0 Å². The van der Waals surface area contributed by atoms with Gasteiger partial charge in [-0.2, -0.15) is 0 Å². The van der Waals surface area contributed by atoms with Crippen LogP contribution in [0, 0.1) is 0 Å². The number of nitrogens with one attached hydrogen (secondary N) is 2. The van der Waals surface area contributed by atoms with Gasteiger partial charge in [-0.05, 0) is 60.7 Å². The number of hydrogen-bond donors (Lipinski definition) is 2. The van der Waals surface area contributed by atoms with Gasteiger partial charge in [0.15, 0.2) is 0 Å². The van der Waals surface area contributed by atoms with Crippen LogP contribution in [0.15, 0.2) is 83.8 Å². The van der Waals surface area contributed by atoms with Gasteiger partial charge >= 0.3 is 0 Å². The number of amides is 2. The Hall–Kier alpha value is -3.24. The topological polar surface area (TPSA) is 105 Å². The summed E-state index contributed by atoms with van der Waals surface area (Å²) in [5.74, 6) is -0.407. The highest BCUT2D eigenvalue weighted by Crippen LogP contribution is 2.19. The molecule has 0 bridgehead atoms. The third-order valence-corrected chi connectivity index (χ3v) is 8.52. The van der Waals surface area contributed by atoms with Gasteiger partial charge < -0.3 is 15.0 Å². The van der Waals surface area contributed by atoms with Crippen molar-refractivity contribution in [1.29, 1.82) is 0 Å². The SMILES string of the molecule is CCNS(=O)(=O)c1ccc(CCC(=O)N(Cc2ccc(Cl)cc2)[C@@H](Cc2ccccc2)C(=O)NCCCOCC)cc1. The number of aryl methyl sites for hydroxylation is 1. The maximum atomic E-state index is 13.8. The molecule has 3 rings (SSSR count). The predicted octanol–water partition coefficient (Wildman–Crippen LogP) is 4.75. The molecule has 0 saturated heterocycles. The molecular formula is C32H40ClN3O5S. The summed E-state index contributed by atoms with van der Waals surface area (Å²) in [6, 6.07) is 22.6. The van der Waals surface area contributed by atoms with E-state index in [1.165, 1.54) is 12.1 Å². The molecule has 42 heavy (non-hydrogen) atoms. The van der Waals surface area contributed by atoms with Crippen LogP contribution in [0.2, 0.25) is 5.02 Å². The molecule has 0 aromatic heterocycles. The Balaban J connectivity index is 1.83. The van der Waals surface area contributed by atoms with Crippen LogP contribution in [0.4, 0.5) is 0 Å². The molecule has 8 nitrogen and oxygen atoms in total. The lowest BCUT2D eigenvalue weighted by atomic mass is 10.0. The Bertz CT molecular complexity index is 1370. The van der Waals surface area contributed by atoms with Crippen LogP contribution >= 0.6 is 11.6 Å². The minimum absolute atomic E-state index is 0.149. The van der Waals surface area contributed by atoms with E-state index in [4.69, 9.17) is 16.3 Å². The summed E-state index contributed by atoms with van der Waals surface area (Å²) >= 11 is 6.10. The number of benzene rings is 3. The molecule has 0 saturated carbocycles. The third-order valence-electron chi connectivity index (χ3n) is 6.70. The Labute approximate surface area is 254 Å². The van der Waals surface area contributed by atoms with Crippen LogP contribution in [0.3, 0.4) is 0 Å². The largest absolute Gasteiger partial charge is 0.382 e. The van der Waals surface area contributed by atoms with Crippen molar-refractivity contribution in [2.24, 2.45) is 0 Å². The zero-order valence-corrected chi connectivity index (χ0v) is 25.8. The Morgan fingerprint density at radius 1 is 0.905 bits per heavy atom. The number of rotatable bonds is 17. The molecule has 0 spiro atoms. The average molecular weight is 614 g/mol. The molecule has 10 heteroatoms. The van der Waals surface area contributed by atoms with E-state index in [1.54, 1.807) is 36.1 Å². The minimum atomic E-state index is -3.56. The van der Waals surface area contributed by atoms with Gasteiger partial charge in [0.1, 0.15) is 6.04 Å². The summed E-state index contributed by atoms with van der Waals surface area (Å²) in [5, 5.41) is 3.59. The van der Waals surface area contributed by atoms with E-state index in [0.29, 0.717) is 50.6 Å². The van der Waals surface area contributed by atoms with Crippen LogP contribution in [0.1, 0.15) is 43.4 Å². The molecule has 226 valence electrons. The normalized spacial score (nSPS) is 12.1. The molecule has 0 fully saturated rings. The summed E-state index contributed by atoms with van der Waals surface area (Å²) in [6.45, 7) is 5.78. The van der Waals surface area contributed by atoms with E-state index in [2.05, 4.69) is 10.0 Å². The molecule has 0 aliphatic rings. The lowest BCUT2D eigenvalue weighted by Crippen LogP contribution is -2.50. The fourth-order valence-corrected chi connectivity index (χ4v) is 5.66. The molecular weight excluding hydrogens is 574 g/mol. The smallest absolute Gasteiger partial charge is 0.243 e. The first-order valence-corrected chi connectivity index (χ1v) is 16.1. The fourth-order valence-electron chi connectivity index (χ4n) is 4.49. The molecule has 1 atom stereocenters. The molecule has 2 N–H and O–H groups in total. The summed E-state index contributed by atoms with van der Waals surface area (Å²) < 4.78 is 32.4. The first-order chi connectivity index (χ1) is 20.2.